The van der Waals surface area contributed by atoms with E-state index in [4.69, 9.17) is 23.2 Å². The van der Waals surface area contributed by atoms with E-state index in [1.54, 1.807) is 35.3 Å². The van der Waals surface area contributed by atoms with E-state index in [2.05, 4.69) is 15.1 Å². The number of thiazole rings is 1. The molecule has 0 radical (unpaired) electrons. The molecule has 2 aromatic carbocycles. The predicted octanol–water partition coefficient (Wildman–Crippen LogP) is 6.24. The highest BCUT2D eigenvalue weighted by Gasteiger charge is 2.11. The second-order valence-corrected chi connectivity index (χ2v) is 7.57. The third kappa shape index (κ3) is 4.32. The van der Waals surface area contributed by atoms with Crippen LogP contribution in [0.4, 0.5) is 14.5 Å². The van der Waals surface area contributed by atoms with Crippen molar-refractivity contribution in [1.82, 2.24) is 9.66 Å². The second kappa shape index (κ2) is 8.32. The van der Waals surface area contributed by atoms with Crippen LogP contribution in [-0.4, -0.2) is 15.9 Å². The van der Waals surface area contributed by atoms with E-state index in [1.165, 1.54) is 17.4 Å². The van der Waals surface area contributed by atoms with Gasteiger partial charge in [-0.15, -0.1) is 11.3 Å². The molecule has 0 unspecified atom stereocenters. The molecule has 0 aliphatic carbocycles. The molecule has 2 aromatic heterocycles. The fourth-order valence-electron chi connectivity index (χ4n) is 2.56. The van der Waals surface area contributed by atoms with Gasteiger partial charge >= 0.3 is 0 Å². The van der Waals surface area contributed by atoms with Crippen LogP contribution < -0.4 is 4.80 Å². The monoisotopic (exact) mass is 448 g/mol. The Morgan fingerprint density at radius 3 is 2.62 bits per heavy atom. The highest BCUT2D eigenvalue weighted by atomic mass is 35.5. The van der Waals surface area contributed by atoms with Gasteiger partial charge in [0, 0.05) is 23.2 Å². The first-order valence-corrected chi connectivity index (χ1v) is 9.98. The molecule has 29 heavy (non-hydrogen) atoms. The maximum atomic E-state index is 14.1. The SMILES string of the molecule is Fc1ccc(N=c2scc(-c3ccc(Cl)c(Cl)c3)n2N=Cc2ccc[nH]2)c(F)c1. The van der Waals surface area contributed by atoms with E-state index in [0.29, 0.717) is 20.5 Å². The predicted molar refractivity (Wildman–Crippen MR) is 113 cm³/mol. The lowest BCUT2D eigenvalue weighted by Crippen LogP contribution is -2.11. The van der Waals surface area contributed by atoms with Gasteiger partial charge in [0.05, 0.1) is 27.6 Å². The van der Waals surface area contributed by atoms with Gasteiger partial charge in [0.25, 0.3) is 0 Å². The first-order chi connectivity index (χ1) is 14.0. The summed E-state index contributed by atoms with van der Waals surface area (Å²) in [4.78, 5) is 7.76. The molecule has 9 heteroatoms. The molecule has 0 saturated carbocycles. The number of nitrogens with zero attached hydrogens (tertiary/aromatic N) is 3. The molecular weight excluding hydrogens is 437 g/mol. The Labute approximate surface area is 178 Å². The number of benzene rings is 2. The molecule has 0 atom stereocenters. The summed E-state index contributed by atoms with van der Waals surface area (Å²) in [5, 5.41) is 7.15. The van der Waals surface area contributed by atoms with Crippen molar-refractivity contribution in [2.45, 2.75) is 0 Å². The Balaban J connectivity index is 1.88. The number of halogens is 4. The second-order valence-electron chi connectivity index (χ2n) is 5.92. The molecule has 4 rings (SSSR count). The number of rotatable bonds is 4. The molecule has 4 nitrogen and oxygen atoms in total. The van der Waals surface area contributed by atoms with Crippen molar-refractivity contribution in [1.29, 1.82) is 0 Å². The molecule has 0 aliphatic rings. The smallest absolute Gasteiger partial charge is 0.211 e. The summed E-state index contributed by atoms with van der Waals surface area (Å²) < 4.78 is 28.9. The van der Waals surface area contributed by atoms with Gasteiger partial charge in [0.2, 0.25) is 4.80 Å². The maximum Gasteiger partial charge on any atom is 0.211 e. The van der Waals surface area contributed by atoms with Crippen molar-refractivity contribution in [3.05, 3.63) is 92.3 Å². The molecule has 0 amide bonds. The van der Waals surface area contributed by atoms with Crippen molar-refractivity contribution in [2.24, 2.45) is 10.1 Å². The lowest BCUT2D eigenvalue weighted by atomic mass is 10.2. The minimum absolute atomic E-state index is 0.0118. The number of aromatic nitrogens is 2. The van der Waals surface area contributed by atoms with Gasteiger partial charge in [0.1, 0.15) is 11.5 Å². The normalized spacial score (nSPS) is 12.2. The summed E-state index contributed by atoms with van der Waals surface area (Å²) >= 11 is 13.4. The van der Waals surface area contributed by atoms with Gasteiger partial charge in [-0.05, 0) is 36.4 Å². The zero-order valence-corrected chi connectivity index (χ0v) is 16.9. The molecule has 1 N–H and O–H groups in total. The quantitative estimate of drug-likeness (QED) is 0.359. The minimum Gasteiger partial charge on any atom is -0.360 e. The van der Waals surface area contributed by atoms with Gasteiger partial charge in [-0.2, -0.15) is 5.10 Å². The molecular formula is C20H12Cl2F2N4S. The lowest BCUT2D eigenvalue weighted by molar-refractivity contribution is 0.584. The molecule has 0 spiro atoms. The first-order valence-electron chi connectivity index (χ1n) is 8.35. The fraction of sp³-hybridized carbons (Fsp3) is 0. The largest absolute Gasteiger partial charge is 0.360 e. The number of aromatic amines is 1. The van der Waals surface area contributed by atoms with Crippen LogP contribution in [0.25, 0.3) is 11.3 Å². The van der Waals surface area contributed by atoms with Crippen LogP contribution in [0.5, 0.6) is 0 Å². The molecule has 0 bridgehead atoms. The van der Waals surface area contributed by atoms with Gasteiger partial charge in [-0.25, -0.2) is 18.4 Å². The first kappa shape index (κ1) is 19.6. The lowest BCUT2D eigenvalue weighted by Gasteiger charge is -2.05. The van der Waals surface area contributed by atoms with E-state index in [0.717, 1.165) is 23.4 Å². The highest BCUT2D eigenvalue weighted by molar-refractivity contribution is 7.07. The Morgan fingerprint density at radius 2 is 1.90 bits per heavy atom. The molecule has 2 heterocycles. The van der Waals surface area contributed by atoms with Crippen LogP contribution in [0.15, 0.2) is 70.2 Å². The average Bonchev–Trinajstić information content (AvgIpc) is 3.34. The standard InChI is InChI=1S/C20H12Cl2F2N4S/c21-15-5-3-12(8-16(15)22)19-11-29-20(27-18-6-4-13(23)9-17(18)24)28(19)26-10-14-2-1-7-25-14/h1-11,25H. The van der Waals surface area contributed by atoms with E-state index in [9.17, 15) is 8.78 Å². The summed E-state index contributed by atoms with van der Waals surface area (Å²) in [6.45, 7) is 0. The third-order valence-electron chi connectivity index (χ3n) is 3.96. The Hall–Kier alpha value is -2.74. The van der Waals surface area contributed by atoms with E-state index < -0.39 is 11.6 Å². The summed E-state index contributed by atoms with van der Waals surface area (Å²) in [5.41, 5.74) is 2.25. The minimum atomic E-state index is -0.755. The molecule has 0 fully saturated rings. The van der Waals surface area contributed by atoms with Crippen LogP contribution in [0.1, 0.15) is 5.69 Å². The third-order valence-corrected chi connectivity index (χ3v) is 5.52. The average molecular weight is 449 g/mol. The van der Waals surface area contributed by atoms with Crippen LogP contribution >= 0.6 is 34.5 Å². The van der Waals surface area contributed by atoms with Crippen molar-refractivity contribution >= 4 is 46.4 Å². The number of hydrogen-bond donors (Lipinski definition) is 1. The summed E-state index contributed by atoms with van der Waals surface area (Å²) in [7, 11) is 0. The van der Waals surface area contributed by atoms with Crippen molar-refractivity contribution < 1.29 is 8.78 Å². The number of nitrogens with one attached hydrogen (secondary N) is 1. The van der Waals surface area contributed by atoms with Gasteiger partial charge in [-0.3, -0.25) is 0 Å². The van der Waals surface area contributed by atoms with Gasteiger partial charge in [-0.1, -0.05) is 29.3 Å². The summed E-state index contributed by atoms with van der Waals surface area (Å²) in [6, 6.07) is 12.1. The Kier molecular flexibility index (Phi) is 5.62. The van der Waals surface area contributed by atoms with Crippen LogP contribution in [-0.2, 0) is 0 Å². The van der Waals surface area contributed by atoms with Crippen molar-refractivity contribution in [3.63, 3.8) is 0 Å². The maximum absolute atomic E-state index is 14.1. The fourth-order valence-corrected chi connectivity index (χ4v) is 3.71. The zero-order valence-electron chi connectivity index (χ0n) is 14.6. The van der Waals surface area contributed by atoms with Crippen LogP contribution in [0, 0.1) is 11.6 Å². The number of H-pyrrole nitrogens is 1. The number of hydrogen-bond acceptors (Lipinski definition) is 3. The van der Waals surface area contributed by atoms with Crippen molar-refractivity contribution in [2.75, 3.05) is 0 Å². The highest BCUT2D eigenvalue weighted by Crippen LogP contribution is 2.29. The van der Waals surface area contributed by atoms with Crippen LogP contribution in [0.3, 0.4) is 0 Å². The molecule has 146 valence electrons. The van der Waals surface area contributed by atoms with E-state index in [1.807, 2.05) is 17.5 Å². The zero-order chi connectivity index (χ0) is 20.4. The van der Waals surface area contributed by atoms with E-state index >= 15 is 0 Å². The van der Waals surface area contributed by atoms with Crippen molar-refractivity contribution in [3.8, 4) is 11.3 Å². The van der Waals surface area contributed by atoms with Gasteiger partial charge in [0.15, 0.2) is 5.82 Å². The topological polar surface area (TPSA) is 45.4 Å². The van der Waals surface area contributed by atoms with Gasteiger partial charge < -0.3 is 4.98 Å². The summed E-state index contributed by atoms with van der Waals surface area (Å²) in [6.07, 6.45) is 3.40. The molecule has 0 aliphatic heterocycles. The molecule has 0 saturated heterocycles. The summed E-state index contributed by atoms with van der Waals surface area (Å²) in [5.74, 6) is -1.42. The Bertz CT molecular complexity index is 1260. The van der Waals surface area contributed by atoms with Crippen LogP contribution in [0.2, 0.25) is 10.0 Å². The Morgan fingerprint density at radius 1 is 1.03 bits per heavy atom. The molecule has 4 aromatic rings. The van der Waals surface area contributed by atoms with E-state index in [-0.39, 0.29) is 5.69 Å².